The van der Waals surface area contributed by atoms with Crippen LogP contribution in [0.3, 0.4) is 0 Å². The Kier molecular flexibility index (Phi) is 5.19. The van der Waals surface area contributed by atoms with E-state index in [1.165, 1.54) is 11.3 Å². The average molecular weight is 372 g/mol. The van der Waals surface area contributed by atoms with Crippen molar-refractivity contribution in [2.45, 2.75) is 47.1 Å². The van der Waals surface area contributed by atoms with Crippen molar-refractivity contribution in [1.29, 1.82) is 0 Å². The highest BCUT2D eigenvalue weighted by Gasteiger charge is 2.40. The van der Waals surface area contributed by atoms with Crippen molar-refractivity contribution in [3.63, 3.8) is 0 Å². The Labute approximate surface area is 158 Å². The first-order valence-electron chi connectivity index (χ1n) is 9.00. The largest absolute Gasteiger partial charge is 0.459 e. The quantitative estimate of drug-likeness (QED) is 0.736. The van der Waals surface area contributed by atoms with Crippen LogP contribution in [0, 0.1) is 25.7 Å². The molecule has 2 aromatic rings. The summed E-state index contributed by atoms with van der Waals surface area (Å²) in [5.41, 5.74) is 3.43. The van der Waals surface area contributed by atoms with Gasteiger partial charge >= 0.3 is 5.97 Å². The number of ether oxygens (including phenoxy) is 1. The molecule has 2 atom stereocenters. The van der Waals surface area contributed by atoms with Gasteiger partial charge in [0.15, 0.2) is 0 Å². The molecule has 0 unspecified atom stereocenters. The number of anilines is 1. The molecule has 1 aliphatic carbocycles. The van der Waals surface area contributed by atoms with Crippen LogP contribution in [0.2, 0.25) is 0 Å². The van der Waals surface area contributed by atoms with Gasteiger partial charge in [-0.1, -0.05) is 36.8 Å². The van der Waals surface area contributed by atoms with Crippen LogP contribution in [-0.2, 0) is 9.53 Å². The third-order valence-electron chi connectivity index (χ3n) is 4.65. The molecule has 1 aromatic heterocycles. The van der Waals surface area contributed by atoms with Gasteiger partial charge in [-0.05, 0) is 45.6 Å². The number of carbonyl (C=O) groups is 2. The number of hydrogen-bond acceptors (Lipinski definition) is 4. The van der Waals surface area contributed by atoms with Crippen molar-refractivity contribution >= 4 is 28.2 Å². The molecule has 1 aromatic carbocycles. The summed E-state index contributed by atoms with van der Waals surface area (Å²) in [5, 5.41) is 3.57. The fraction of sp³-hybridized carbons (Fsp3) is 0.429. The predicted molar refractivity (Wildman–Crippen MR) is 106 cm³/mol. The fourth-order valence-electron chi connectivity index (χ4n) is 3.06. The molecule has 1 fully saturated rings. The first-order valence-corrected chi connectivity index (χ1v) is 9.81. The number of aryl methyl sites for hydroxylation is 2. The number of thiophene rings is 1. The molecule has 3 rings (SSSR count). The standard InChI is InChI=1S/C21H25NO3S/c1-11(2)25-21(24)18-17(15-8-6-12(3)7-9-15)14(5)26-20(18)22-19(23)16-10-13(16)4/h6-9,11,13,16H,10H2,1-5H3,(H,22,23)/t13-,16-/m0/s1. The number of esters is 1. The van der Waals surface area contributed by atoms with Gasteiger partial charge in [0.25, 0.3) is 0 Å². The molecule has 26 heavy (non-hydrogen) atoms. The van der Waals surface area contributed by atoms with Crippen molar-refractivity contribution in [1.82, 2.24) is 0 Å². The lowest BCUT2D eigenvalue weighted by Gasteiger charge is -2.12. The Morgan fingerprint density at radius 3 is 2.35 bits per heavy atom. The van der Waals surface area contributed by atoms with Gasteiger partial charge in [-0.2, -0.15) is 0 Å². The minimum Gasteiger partial charge on any atom is -0.459 e. The van der Waals surface area contributed by atoms with E-state index in [1.807, 2.05) is 52.0 Å². The van der Waals surface area contributed by atoms with Crippen LogP contribution in [-0.4, -0.2) is 18.0 Å². The maximum absolute atomic E-state index is 12.8. The van der Waals surface area contributed by atoms with Gasteiger partial charge in [-0.15, -0.1) is 11.3 Å². The Hall–Kier alpha value is -2.14. The van der Waals surface area contributed by atoms with Crippen molar-refractivity contribution in [2.24, 2.45) is 11.8 Å². The molecule has 1 aliphatic rings. The molecule has 1 saturated carbocycles. The third kappa shape index (κ3) is 3.83. The summed E-state index contributed by atoms with van der Waals surface area (Å²) in [6.45, 7) is 9.72. The Morgan fingerprint density at radius 1 is 1.19 bits per heavy atom. The molecule has 1 heterocycles. The lowest BCUT2D eigenvalue weighted by Crippen LogP contribution is -2.18. The highest BCUT2D eigenvalue weighted by Crippen LogP contribution is 2.43. The number of rotatable bonds is 5. The maximum atomic E-state index is 12.8. The van der Waals surface area contributed by atoms with E-state index in [9.17, 15) is 9.59 Å². The highest BCUT2D eigenvalue weighted by atomic mass is 32.1. The van der Waals surface area contributed by atoms with E-state index >= 15 is 0 Å². The molecular weight excluding hydrogens is 346 g/mol. The molecule has 0 bridgehead atoms. The molecule has 4 nitrogen and oxygen atoms in total. The predicted octanol–water partition coefficient (Wildman–Crippen LogP) is 5.19. The lowest BCUT2D eigenvalue weighted by atomic mass is 10.0. The Bertz CT molecular complexity index is 836. The second-order valence-corrected chi connectivity index (χ2v) is 8.59. The minimum absolute atomic E-state index is 0.00666. The summed E-state index contributed by atoms with van der Waals surface area (Å²) >= 11 is 1.44. The van der Waals surface area contributed by atoms with Crippen LogP contribution in [0.25, 0.3) is 11.1 Å². The monoisotopic (exact) mass is 371 g/mol. The van der Waals surface area contributed by atoms with E-state index < -0.39 is 0 Å². The van der Waals surface area contributed by atoms with E-state index in [1.54, 1.807) is 0 Å². The van der Waals surface area contributed by atoms with Crippen molar-refractivity contribution in [3.8, 4) is 11.1 Å². The number of carbonyl (C=O) groups excluding carboxylic acids is 2. The molecule has 0 aliphatic heterocycles. The summed E-state index contributed by atoms with van der Waals surface area (Å²) < 4.78 is 5.47. The second kappa shape index (κ2) is 7.23. The fourth-order valence-corrected chi connectivity index (χ4v) is 4.13. The number of benzene rings is 1. The molecular formula is C21H25NO3S. The van der Waals surface area contributed by atoms with Crippen LogP contribution >= 0.6 is 11.3 Å². The van der Waals surface area contributed by atoms with Gasteiger partial charge in [-0.25, -0.2) is 4.79 Å². The van der Waals surface area contributed by atoms with Gasteiger partial charge in [0.2, 0.25) is 5.91 Å². The summed E-state index contributed by atoms with van der Waals surface area (Å²) in [5.74, 6) is 0.0692. The van der Waals surface area contributed by atoms with Crippen molar-refractivity contribution in [3.05, 3.63) is 40.3 Å². The summed E-state index contributed by atoms with van der Waals surface area (Å²) in [6, 6.07) is 8.05. The van der Waals surface area contributed by atoms with E-state index in [2.05, 4.69) is 12.2 Å². The molecule has 5 heteroatoms. The SMILES string of the molecule is Cc1ccc(-c2c(C)sc(NC(=O)[C@H]3C[C@@H]3C)c2C(=O)OC(C)C)cc1. The molecule has 1 amide bonds. The first-order chi connectivity index (χ1) is 12.3. The zero-order chi connectivity index (χ0) is 19.0. The van der Waals surface area contributed by atoms with Gasteiger partial charge < -0.3 is 10.1 Å². The maximum Gasteiger partial charge on any atom is 0.342 e. The summed E-state index contributed by atoms with van der Waals surface area (Å²) in [6.07, 6.45) is 0.688. The third-order valence-corrected chi connectivity index (χ3v) is 5.67. The van der Waals surface area contributed by atoms with Crippen LogP contribution in [0.5, 0.6) is 0 Å². The van der Waals surface area contributed by atoms with Crippen molar-refractivity contribution < 1.29 is 14.3 Å². The van der Waals surface area contributed by atoms with E-state index in [0.29, 0.717) is 16.5 Å². The zero-order valence-electron chi connectivity index (χ0n) is 15.9. The average Bonchev–Trinajstić information content (AvgIpc) is 3.20. The Morgan fingerprint density at radius 2 is 1.81 bits per heavy atom. The number of hydrogen-bond donors (Lipinski definition) is 1. The smallest absolute Gasteiger partial charge is 0.342 e. The van der Waals surface area contributed by atoms with Crippen molar-refractivity contribution in [2.75, 3.05) is 5.32 Å². The van der Waals surface area contributed by atoms with E-state index in [-0.39, 0.29) is 23.9 Å². The molecule has 0 spiro atoms. The zero-order valence-corrected chi connectivity index (χ0v) is 16.7. The first kappa shape index (κ1) is 18.6. The van der Waals surface area contributed by atoms with Gasteiger partial charge in [-0.3, -0.25) is 4.79 Å². The Balaban J connectivity index is 2.03. The number of amides is 1. The molecule has 0 saturated heterocycles. The topological polar surface area (TPSA) is 55.4 Å². The van der Waals surface area contributed by atoms with E-state index in [4.69, 9.17) is 4.74 Å². The van der Waals surface area contributed by atoms with Gasteiger partial charge in [0, 0.05) is 16.4 Å². The minimum atomic E-state index is -0.390. The lowest BCUT2D eigenvalue weighted by molar-refractivity contribution is -0.117. The normalized spacial score (nSPS) is 18.7. The van der Waals surface area contributed by atoms with Crippen LogP contribution < -0.4 is 5.32 Å². The van der Waals surface area contributed by atoms with Crippen LogP contribution in [0.1, 0.15) is 48.0 Å². The highest BCUT2D eigenvalue weighted by molar-refractivity contribution is 7.17. The molecule has 138 valence electrons. The molecule has 0 radical (unpaired) electrons. The second-order valence-electron chi connectivity index (χ2n) is 7.37. The summed E-state index contributed by atoms with van der Waals surface area (Å²) in [4.78, 5) is 26.2. The van der Waals surface area contributed by atoms with Crippen LogP contribution in [0.15, 0.2) is 24.3 Å². The van der Waals surface area contributed by atoms with Gasteiger partial charge in [0.1, 0.15) is 10.6 Å². The number of nitrogens with one attached hydrogen (secondary N) is 1. The van der Waals surface area contributed by atoms with E-state index in [0.717, 1.165) is 28.0 Å². The van der Waals surface area contributed by atoms with Crippen LogP contribution in [0.4, 0.5) is 5.00 Å². The summed E-state index contributed by atoms with van der Waals surface area (Å²) in [7, 11) is 0. The molecule has 1 N–H and O–H groups in total. The van der Waals surface area contributed by atoms with Gasteiger partial charge in [0.05, 0.1) is 6.10 Å².